The van der Waals surface area contributed by atoms with Crippen molar-refractivity contribution < 1.29 is 4.74 Å². The minimum Gasteiger partial charge on any atom is -0.361 e. The Labute approximate surface area is 98.2 Å². The average molecular weight is 219 g/mol. The molecule has 2 nitrogen and oxygen atoms in total. The Kier molecular flexibility index (Phi) is 3.97. The Bertz CT molecular complexity index is 310. The Morgan fingerprint density at radius 2 is 2.06 bits per heavy atom. The van der Waals surface area contributed by atoms with Crippen LogP contribution in [0.4, 0.5) is 0 Å². The van der Waals surface area contributed by atoms with Crippen LogP contribution in [0.15, 0.2) is 30.3 Å². The monoisotopic (exact) mass is 219 g/mol. The third kappa shape index (κ3) is 3.32. The van der Waals surface area contributed by atoms with Crippen LogP contribution < -0.4 is 0 Å². The first-order valence-corrected chi connectivity index (χ1v) is 6.12. The zero-order valence-electron chi connectivity index (χ0n) is 10.2. The van der Waals surface area contributed by atoms with Gasteiger partial charge in [0.05, 0.1) is 12.8 Å². The van der Waals surface area contributed by atoms with Crippen LogP contribution in [-0.4, -0.2) is 24.3 Å². The van der Waals surface area contributed by atoms with Gasteiger partial charge in [0.1, 0.15) is 0 Å². The van der Waals surface area contributed by atoms with Gasteiger partial charge in [0.15, 0.2) is 0 Å². The molecule has 0 spiro atoms. The van der Waals surface area contributed by atoms with Gasteiger partial charge in [-0.2, -0.15) is 0 Å². The van der Waals surface area contributed by atoms with Crippen molar-refractivity contribution in [3.05, 3.63) is 35.9 Å². The van der Waals surface area contributed by atoms with Crippen molar-refractivity contribution in [2.24, 2.45) is 5.92 Å². The van der Waals surface area contributed by atoms with E-state index in [1.54, 1.807) is 0 Å². The van der Waals surface area contributed by atoms with Crippen molar-refractivity contribution in [3.8, 4) is 0 Å². The average Bonchev–Trinajstić information content (AvgIpc) is 2.66. The summed E-state index contributed by atoms with van der Waals surface area (Å²) >= 11 is 0. The van der Waals surface area contributed by atoms with Crippen molar-refractivity contribution in [3.63, 3.8) is 0 Å². The van der Waals surface area contributed by atoms with Crippen LogP contribution in [0.3, 0.4) is 0 Å². The first-order chi connectivity index (χ1) is 7.74. The molecule has 0 bridgehead atoms. The summed E-state index contributed by atoms with van der Waals surface area (Å²) in [5.74, 6) is 0.724. The fourth-order valence-electron chi connectivity index (χ4n) is 2.22. The molecule has 0 N–H and O–H groups in total. The van der Waals surface area contributed by atoms with Gasteiger partial charge in [0, 0.05) is 13.1 Å². The Balaban J connectivity index is 1.81. The van der Waals surface area contributed by atoms with Gasteiger partial charge in [0.2, 0.25) is 0 Å². The molecule has 1 aliphatic rings. The van der Waals surface area contributed by atoms with E-state index < -0.39 is 0 Å². The van der Waals surface area contributed by atoms with Gasteiger partial charge in [-0.1, -0.05) is 44.2 Å². The molecule has 1 fully saturated rings. The highest BCUT2D eigenvalue weighted by atomic mass is 16.5. The second kappa shape index (κ2) is 5.46. The highest BCUT2D eigenvalue weighted by Gasteiger charge is 2.23. The van der Waals surface area contributed by atoms with Gasteiger partial charge < -0.3 is 4.74 Å². The van der Waals surface area contributed by atoms with Crippen LogP contribution in [0.2, 0.25) is 0 Å². The molecule has 2 heteroatoms. The lowest BCUT2D eigenvalue weighted by Crippen LogP contribution is -2.22. The minimum atomic E-state index is 0.434. The van der Waals surface area contributed by atoms with Crippen molar-refractivity contribution in [2.45, 2.75) is 32.9 Å². The highest BCUT2D eigenvalue weighted by molar-refractivity contribution is 5.14. The second-order valence-corrected chi connectivity index (χ2v) is 5.04. The largest absolute Gasteiger partial charge is 0.361 e. The predicted octanol–water partition coefficient (Wildman–Crippen LogP) is 2.89. The summed E-state index contributed by atoms with van der Waals surface area (Å²) in [6.45, 7) is 7.38. The maximum Gasteiger partial charge on any atom is 0.0998 e. The number of hydrogen-bond donors (Lipinski definition) is 0. The first kappa shape index (κ1) is 11.6. The third-order valence-electron chi connectivity index (χ3n) is 2.94. The van der Waals surface area contributed by atoms with Crippen LogP contribution in [0.25, 0.3) is 0 Å². The van der Waals surface area contributed by atoms with Gasteiger partial charge in [0.25, 0.3) is 0 Å². The molecule has 0 aliphatic carbocycles. The summed E-state index contributed by atoms with van der Waals surface area (Å²) in [5.41, 5.74) is 1.37. The number of nitrogens with zero attached hydrogens (tertiary/aromatic N) is 1. The maximum absolute atomic E-state index is 5.77. The molecule has 16 heavy (non-hydrogen) atoms. The predicted molar refractivity (Wildman–Crippen MR) is 66.0 cm³/mol. The molecular formula is C14H21NO. The van der Waals surface area contributed by atoms with Gasteiger partial charge in [-0.3, -0.25) is 4.90 Å². The summed E-state index contributed by atoms with van der Waals surface area (Å²) in [7, 11) is 0. The van der Waals surface area contributed by atoms with Gasteiger partial charge in [-0.25, -0.2) is 0 Å². The third-order valence-corrected chi connectivity index (χ3v) is 2.94. The quantitative estimate of drug-likeness (QED) is 0.772. The van der Waals surface area contributed by atoms with E-state index in [2.05, 4.69) is 49.1 Å². The lowest BCUT2D eigenvalue weighted by Gasteiger charge is -2.14. The van der Waals surface area contributed by atoms with E-state index in [0.29, 0.717) is 6.10 Å². The van der Waals surface area contributed by atoms with Crippen molar-refractivity contribution >= 4 is 0 Å². The van der Waals surface area contributed by atoms with Gasteiger partial charge >= 0.3 is 0 Å². The molecule has 1 aromatic rings. The maximum atomic E-state index is 5.77. The topological polar surface area (TPSA) is 12.5 Å². The molecule has 1 heterocycles. The number of hydrogen-bond acceptors (Lipinski definition) is 2. The molecule has 88 valence electrons. The van der Waals surface area contributed by atoms with Crippen molar-refractivity contribution in [1.29, 1.82) is 0 Å². The normalized spacial score (nSPS) is 21.8. The Morgan fingerprint density at radius 1 is 1.31 bits per heavy atom. The zero-order valence-corrected chi connectivity index (χ0v) is 10.2. The van der Waals surface area contributed by atoms with Crippen LogP contribution >= 0.6 is 0 Å². The van der Waals surface area contributed by atoms with E-state index in [1.807, 2.05) is 0 Å². The van der Waals surface area contributed by atoms with E-state index in [9.17, 15) is 0 Å². The molecule has 0 radical (unpaired) electrons. The van der Waals surface area contributed by atoms with E-state index in [0.717, 1.165) is 25.7 Å². The fourth-order valence-corrected chi connectivity index (χ4v) is 2.22. The molecule has 1 unspecified atom stereocenters. The van der Waals surface area contributed by atoms with E-state index in [4.69, 9.17) is 4.74 Å². The molecule has 2 rings (SSSR count). The summed E-state index contributed by atoms with van der Waals surface area (Å²) in [4.78, 5) is 2.38. The zero-order chi connectivity index (χ0) is 11.4. The molecule has 1 atom stereocenters. The lowest BCUT2D eigenvalue weighted by molar-refractivity contribution is 0.0766. The van der Waals surface area contributed by atoms with Crippen LogP contribution in [0.1, 0.15) is 25.8 Å². The van der Waals surface area contributed by atoms with Crippen LogP contribution in [0, 0.1) is 5.92 Å². The smallest absolute Gasteiger partial charge is 0.0998 e. The fraction of sp³-hybridized carbons (Fsp3) is 0.571. The SMILES string of the molecule is CC(C)CC1CN(Cc2ccccc2)CO1. The van der Waals surface area contributed by atoms with Gasteiger partial charge in [-0.05, 0) is 17.9 Å². The van der Waals surface area contributed by atoms with E-state index in [-0.39, 0.29) is 0 Å². The summed E-state index contributed by atoms with van der Waals surface area (Å²) < 4.78 is 5.77. The highest BCUT2D eigenvalue weighted by Crippen LogP contribution is 2.17. The summed E-state index contributed by atoms with van der Waals surface area (Å²) in [6, 6.07) is 10.6. The van der Waals surface area contributed by atoms with Crippen LogP contribution in [-0.2, 0) is 11.3 Å². The first-order valence-electron chi connectivity index (χ1n) is 6.12. The standard InChI is InChI=1S/C14H21NO/c1-12(2)8-14-10-15(11-16-14)9-13-6-4-3-5-7-13/h3-7,12,14H,8-11H2,1-2H3. The van der Waals surface area contributed by atoms with Crippen LogP contribution in [0.5, 0.6) is 0 Å². The number of rotatable bonds is 4. The Morgan fingerprint density at radius 3 is 2.75 bits per heavy atom. The van der Waals surface area contributed by atoms with Crippen molar-refractivity contribution in [2.75, 3.05) is 13.3 Å². The molecule has 0 saturated carbocycles. The summed E-state index contributed by atoms with van der Waals surface area (Å²) in [5, 5.41) is 0. The molecule has 1 aliphatic heterocycles. The van der Waals surface area contributed by atoms with E-state index in [1.165, 1.54) is 12.0 Å². The molecule has 0 amide bonds. The molecular weight excluding hydrogens is 198 g/mol. The van der Waals surface area contributed by atoms with Crippen molar-refractivity contribution in [1.82, 2.24) is 4.90 Å². The Hall–Kier alpha value is -0.860. The molecule has 0 aromatic heterocycles. The summed E-state index contributed by atoms with van der Waals surface area (Å²) in [6.07, 6.45) is 1.61. The van der Waals surface area contributed by atoms with E-state index >= 15 is 0 Å². The van der Waals surface area contributed by atoms with Gasteiger partial charge in [-0.15, -0.1) is 0 Å². The number of benzene rings is 1. The molecule has 1 saturated heterocycles. The lowest BCUT2D eigenvalue weighted by atomic mass is 10.1. The number of ether oxygens (including phenoxy) is 1. The minimum absolute atomic E-state index is 0.434. The second-order valence-electron chi connectivity index (χ2n) is 5.04. The molecule has 1 aromatic carbocycles.